The number of alkyl halides is 3. The van der Waals surface area contributed by atoms with E-state index in [1.54, 1.807) is 25.1 Å². The number of carbonyl (C=O) groups is 1. The highest BCUT2D eigenvalue weighted by Gasteiger charge is 2.37. The number of rotatable bonds is 8. The molecule has 1 aromatic heterocycles. The van der Waals surface area contributed by atoms with Crippen molar-refractivity contribution in [1.29, 1.82) is 0 Å². The van der Waals surface area contributed by atoms with Gasteiger partial charge in [-0.3, -0.25) is 9.78 Å². The van der Waals surface area contributed by atoms with Gasteiger partial charge in [0, 0.05) is 38.4 Å². The number of hydrogen-bond donors (Lipinski definition) is 1. The SMILES string of the molecule is C[C@H]1CN(CCC(C)(C(=O)NCc2ccc(C(F)(F)F)nc2)c2ccc(Cl)c(Cl)c2)CCN1S(C)(=O)=O. The lowest BCUT2D eigenvalue weighted by atomic mass is 9.78. The Kier molecular flexibility index (Phi) is 9.17. The Balaban J connectivity index is 1.75. The van der Waals surface area contributed by atoms with Gasteiger partial charge in [0.1, 0.15) is 5.69 Å². The van der Waals surface area contributed by atoms with Crippen molar-refractivity contribution in [2.45, 2.75) is 44.4 Å². The Labute approximate surface area is 225 Å². The van der Waals surface area contributed by atoms with Crippen molar-refractivity contribution in [3.63, 3.8) is 0 Å². The number of pyridine rings is 1. The van der Waals surface area contributed by atoms with E-state index in [2.05, 4.69) is 15.2 Å². The van der Waals surface area contributed by atoms with E-state index in [0.29, 0.717) is 53.8 Å². The van der Waals surface area contributed by atoms with Crippen LogP contribution in [0.15, 0.2) is 36.5 Å². The standard InChI is InChI=1S/C24H29Cl2F3N4O3S/c1-16-15-32(10-11-33(16)37(3,35)36)9-8-23(2,18-5-6-19(25)20(26)12-18)22(34)31-14-17-4-7-21(30-13-17)24(27,28)29/h4-7,12-13,16H,8-11,14-15H2,1-3H3,(H,31,34)/t16-,23?/m0/s1. The third-order valence-electron chi connectivity index (χ3n) is 6.63. The van der Waals surface area contributed by atoms with Crippen LogP contribution in [0.5, 0.6) is 0 Å². The van der Waals surface area contributed by atoms with Crippen LogP contribution in [0.1, 0.15) is 37.1 Å². The number of halogens is 5. The summed E-state index contributed by atoms with van der Waals surface area (Å²) in [5.74, 6) is -0.339. The molecule has 1 amide bonds. The van der Waals surface area contributed by atoms with Gasteiger partial charge in [0.15, 0.2) is 0 Å². The number of amides is 1. The summed E-state index contributed by atoms with van der Waals surface area (Å²) in [5, 5.41) is 3.45. The zero-order chi connectivity index (χ0) is 27.6. The van der Waals surface area contributed by atoms with Crippen LogP contribution in [0.2, 0.25) is 10.0 Å². The summed E-state index contributed by atoms with van der Waals surface area (Å²) in [6.45, 7) is 5.51. The topological polar surface area (TPSA) is 82.6 Å². The van der Waals surface area contributed by atoms with Gasteiger partial charge in [0.05, 0.1) is 21.7 Å². The Morgan fingerprint density at radius 2 is 1.86 bits per heavy atom. The normalized spacial score (nSPS) is 19.4. The average molecular weight is 581 g/mol. The lowest BCUT2D eigenvalue weighted by molar-refractivity contribution is -0.141. The van der Waals surface area contributed by atoms with E-state index in [-0.39, 0.29) is 18.5 Å². The molecule has 0 saturated carbocycles. The molecule has 2 aromatic rings. The van der Waals surface area contributed by atoms with Gasteiger partial charge in [-0.25, -0.2) is 8.42 Å². The summed E-state index contributed by atoms with van der Waals surface area (Å²) in [4.78, 5) is 19.0. The second kappa shape index (κ2) is 11.4. The number of piperazine rings is 1. The van der Waals surface area contributed by atoms with E-state index in [4.69, 9.17) is 23.2 Å². The Bertz CT molecular complexity index is 1230. The van der Waals surface area contributed by atoms with E-state index in [0.717, 1.165) is 12.3 Å². The molecule has 0 bridgehead atoms. The first-order valence-corrected chi connectivity index (χ1v) is 14.2. The quantitative estimate of drug-likeness (QED) is 0.502. The molecule has 13 heteroatoms. The summed E-state index contributed by atoms with van der Waals surface area (Å²) < 4.78 is 63.8. The van der Waals surface area contributed by atoms with Gasteiger partial charge in [0.2, 0.25) is 15.9 Å². The molecule has 204 valence electrons. The summed E-state index contributed by atoms with van der Waals surface area (Å²) >= 11 is 12.3. The zero-order valence-electron chi connectivity index (χ0n) is 20.6. The number of nitrogens with zero attached hydrogens (tertiary/aromatic N) is 3. The van der Waals surface area contributed by atoms with Crippen molar-refractivity contribution in [3.8, 4) is 0 Å². The highest BCUT2D eigenvalue weighted by atomic mass is 35.5. The summed E-state index contributed by atoms with van der Waals surface area (Å²) in [6, 6.07) is 6.90. The summed E-state index contributed by atoms with van der Waals surface area (Å²) in [7, 11) is -3.30. The van der Waals surface area contributed by atoms with Crippen LogP contribution < -0.4 is 5.32 Å². The van der Waals surface area contributed by atoms with E-state index in [1.807, 2.05) is 6.92 Å². The van der Waals surface area contributed by atoms with E-state index in [9.17, 15) is 26.4 Å². The van der Waals surface area contributed by atoms with Crippen molar-refractivity contribution in [3.05, 3.63) is 63.4 Å². The highest BCUT2D eigenvalue weighted by Crippen LogP contribution is 2.34. The molecule has 1 unspecified atom stereocenters. The molecule has 1 aliphatic rings. The van der Waals surface area contributed by atoms with Gasteiger partial charge in [0.25, 0.3) is 0 Å². The van der Waals surface area contributed by atoms with Crippen molar-refractivity contribution in [2.75, 3.05) is 32.4 Å². The Hall–Kier alpha value is -1.92. The highest BCUT2D eigenvalue weighted by molar-refractivity contribution is 7.88. The van der Waals surface area contributed by atoms with E-state index >= 15 is 0 Å². The lowest BCUT2D eigenvalue weighted by Crippen LogP contribution is -2.54. The minimum absolute atomic E-state index is 0.00898. The van der Waals surface area contributed by atoms with Crippen LogP contribution in [-0.2, 0) is 33.0 Å². The van der Waals surface area contributed by atoms with Gasteiger partial charge < -0.3 is 10.2 Å². The Morgan fingerprint density at radius 1 is 1.16 bits per heavy atom. The lowest BCUT2D eigenvalue weighted by Gasteiger charge is -2.40. The largest absolute Gasteiger partial charge is 0.433 e. The van der Waals surface area contributed by atoms with Crippen molar-refractivity contribution in [1.82, 2.24) is 19.5 Å². The average Bonchev–Trinajstić information content (AvgIpc) is 2.81. The second-order valence-corrected chi connectivity index (χ2v) is 12.2. The number of nitrogens with one attached hydrogen (secondary N) is 1. The summed E-state index contributed by atoms with van der Waals surface area (Å²) in [5.41, 5.74) is -1.00. The monoisotopic (exact) mass is 580 g/mol. The number of carbonyl (C=O) groups excluding carboxylic acids is 1. The molecule has 1 aliphatic heterocycles. The molecule has 1 N–H and O–H groups in total. The fourth-order valence-corrected chi connectivity index (χ4v) is 5.83. The molecule has 0 spiro atoms. The van der Waals surface area contributed by atoms with E-state index in [1.165, 1.54) is 16.6 Å². The minimum Gasteiger partial charge on any atom is -0.351 e. The van der Waals surface area contributed by atoms with Gasteiger partial charge >= 0.3 is 6.18 Å². The molecule has 2 heterocycles. The molecule has 37 heavy (non-hydrogen) atoms. The van der Waals surface area contributed by atoms with Crippen molar-refractivity contribution < 1.29 is 26.4 Å². The van der Waals surface area contributed by atoms with Crippen LogP contribution in [0.4, 0.5) is 13.2 Å². The molecular weight excluding hydrogens is 552 g/mol. The van der Waals surface area contributed by atoms with E-state index < -0.39 is 27.3 Å². The van der Waals surface area contributed by atoms with Crippen LogP contribution in [0.3, 0.4) is 0 Å². The van der Waals surface area contributed by atoms with Crippen LogP contribution >= 0.6 is 23.2 Å². The number of aromatic nitrogens is 1. The van der Waals surface area contributed by atoms with Gasteiger partial charge in [-0.15, -0.1) is 0 Å². The predicted octanol–water partition coefficient (Wildman–Crippen LogP) is 4.34. The first-order valence-electron chi connectivity index (χ1n) is 11.6. The molecule has 3 rings (SSSR count). The Morgan fingerprint density at radius 3 is 2.41 bits per heavy atom. The molecule has 7 nitrogen and oxygen atoms in total. The number of hydrogen-bond acceptors (Lipinski definition) is 5. The molecule has 0 radical (unpaired) electrons. The maximum absolute atomic E-state index is 13.5. The van der Waals surface area contributed by atoms with Crippen LogP contribution in [0, 0.1) is 0 Å². The van der Waals surface area contributed by atoms with Crippen LogP contribution in [0.25, 0.3) is 0 Å². The maximum Gasteiger partial charge on any atom is 0.433 e. The predicted molar refractivity (Wildman–Crippen MR) is 137 cm³/mol. The van der Waals surface area contributed by atoms with Gasteiger partial charge in [-0.2, -0.15) is 17.5 Å². The second-order valence-electron chi connectivity index (χ2n) is 9.47. The first kappa shape index (κ1) is 29.6. The fourth-order valence-electron chi connectivity index (χ4n) is 4.40. The van der Waals surface area contributed by atoms with Crippen molar-refractivity contribution >= 4 is 39.1 Å². The van der Waals surface area contributed by atoms with Gasteiger partial charge in [-0.1, -0.05) is 35.3 Å². The van der Waals surface area contributed by atoms with Crippen LogP contribution in [-0.4, -0.2) is 67.0 Å². The molecule has 1 saturated heterocycles. The minimum atomic E-state index is -4.54. The smallest absolute Gasteiger partial charge is 0.351 e. The third kappa shape index (κ3) is 7.35. The first-order chi connectivity index (χ1) is 17.1. The zero-order valence-corrected chi connectivity index (χ0v) is 23.0. The van der Waals surface area contributed by atoms with Crippen molar-refractivity contribution in [2.24, 2.45) is 0 Å². The maximum atomic E-state index is 13.5. The molecule has 2 atom stereocenters. The molecule has 1 fully saturated rings. The van der Waals surface area contributed by atoms with Gasteiger partial charge in [-0.05, 0) is 56.1 Å². The summed E-state index contributed by atoms with van der Waals surface area (Å²) in [6.07, 6.45) is -1.88. The molecular formula is C24H29Cl2F3N4O3S. The molecule has 1 aromatic carbocycles. The fraction of sp³-hybridized carbons (Fsp3) is 0.500. The number of sulfonamides is 1. The molecule has 0 aliphatic carbocycles. The number of benzene rings is 1. The third-order valence-corrected chi connectivity index (χ3v) is 8.76.